The van der Waals surface area contributed by atoms with E-state index in [-0.39, 0.29) is 5.91 Å². The Morgan fingerprint density at radius 3 is 2.70 bits per heavy atom. The van der Waals surface area contributed by atoms with E-state index in [0.717, 1.165) is 17.8 Å². The molecule has 6 heteroatoms. The van der Waals surface area contributed by atoms with Gasteiger partial charge in [-0.3, -0.25) is 14.8 Å². The Hall–Kier alpha value is -1.82. The molecule has 1 aliphatic heterocycles. The van der Waals surface area contributed by atoms with Gasteiger partial charge in [0.1, 0.15) is 16.4 Å². The number of hydrogen-bond donors (Lipinski definition) is 0. The Labute approximate surface area is 121 Å². The zero-order chi connectivity index (χ0) is 14.1. The van der Waals surface area contributed by atoms with Crippen molar-refractivity contribution >= 4 is 17.2 Å². The highest BCUT2D eigenvalue weighted by atomic mass is 32.1. The van der Waals surface area contributed by atoms with Gasteiger partial charge in [0.15, 0.2) is 0 Å². The van der Waals surface area contributed by atoms with Crippen LogP contribution in [-0.2, 0) is 0 Å². The summed E-state index contributed by atoms with van der Waals surface area (Å²) in [6, 6.07) is 0.582. The monoisotopic (exact) mass is 288 g/mol. The summed E-state index contributed by atoms with van der Waals surface area (Å²) in [5.74, 6) is 0.0221. The van der Waals surface area contributed by atoms with Crippen LogP contribution in [0.2, 0.25) is 0 Å². The number of hydrogen-bond acceptors (Lipinski definition) is 5. The summed E-state index contributed by atoms with van der Waals surface area (Å²) in [7, 11) is 0. The maximum Gasteiger partial charge on any atom is 0.273 e. The first-order valence-electron chi connectivity index (χ1n) is 6.71. The SMILES string of the molecule is C[C@H]1CC[C@H](C)N1C(=O)c1csc(-c2cnccn2)n1. The Morgan fingerprint density at radius 2 is 2.05 bits per heavy atom. The van der Waals surface area contributed by atoms with Crippen LogP contribution < -0.4 is 0 Å². The molecule has 0 N–H and O–H groups in total. The molecule has 1 saturated heterocycles. The molecule has 3 rings (SSSR count). The van der Waals surface area contributed by atoms with Gasteiger partial charge in [0.25, 0.3) is 5.91 Å². The molecule has 0 aliphatic carbocycles. The summed E-state index contributed by atoms with van der Waals surface area (Å²) in [5.41, 5.74) is 1.22. The van der Waals surface area contributed by atoms with Crippen molar-refractivity contribution < 1.29 is 4.79 Å². The summed E-state index contributed by atoms with van der Waals surface area (Å²) in [6.45, 7) is 4.19. The zero-order valence-electron chi connectivity index (χ0n) is 11.5. The lowest BCUT2D eigenvalue weighted by Crippen LogP contribution is -2.38. The van der Waals surface area contributed by atoms with E-state index >= 15 is 0 Å². The number of carbonyl (C=O) groups is 1. The highest BCUT2D eigenvalue weighted by molar-refractivity contribution is 7.13. The van der Waals surface area contributed by atoms with Crippen molar-refractivity contribution in [2.45, 2.75) is 38.8 Å². The lowest BCUT2D eigenvalue weighted by molar-refractivity contribution is 0.0687. The average molecular weight is 288 g/mol. The zero-order valence-corrected chi connectivity index (χ0v) is 12.3. The van der Waals surface area contributed by atoms with Crippen LogP contribution in [0.3, 0.4) is 0 Å². The minimum absolute atomic E-state index is 0.0221. The molecular formula is C14H16N4OS. The topological polar surface area (TPSA) is 59.0 Å². The normalized spacial score (nSPS) is 22.2. The Morgan fingerprint density at radius 1 is 1.30 bits per heavy atom. The van der Waals surface area contributed by atoms with Gasteiger partial charge in [-0.1, -0.05) is 0 Å². The predicted molar refractivity (Wildman–Crippen MR) is 77.5 cm³/mol. The number of aromatic nitrogens is 3. The van der Waals surface area contributed by atoms with E-state index in [4.69, 9.17) is 0 Å². The molecule has 0 radical (unpaired) electrons. The summed E-state index contributed by atoms with van der Waals surface area (Å²) in [4.78, 5) is 27.1. The van der Waals surface area contributed by atoms with E-state index in [0.29, 0.717) is 23.5 Å². The molecule has 0 aromatic carbocycles. The summed E-state index contributed by atoms with van der Waals surface area (Å²) in [5, 5.41) is 2.55. The molecule has 20 heavy (non-hydrogen) atoms. The highest BCUT2D eigenvalue weighted by Gasteiger charge is 2.33. The summed E-state index contributed by atoms with van der Waals surface area (Å²) >= 11 is 1.43. The van der Waals surface area contributed by atoms with Gasteiger partial charge in [-0.15, -0.1) is 11.3 Å². The highest BCUT2D eigenvalue weighted by Crippen LogP contribution is 2.27. The van der Waals surface area contributed by atoms with E-state index < -0.39 is 0 Å². The molecule has 5 nitrogen and oxygen atoms in total. The number of nitrogens with zero attached hydrogens (tertiary/aromatic N) is 4. The van der Waals surface area contributed by atoms with E-state index in [1.807, 2.05) is 10.3 Å². The van der Waals surface area contributed by atoms with Crippen LogP contribution >= 0.6 is 11.3 Å². The fraction of sp³-hybridized carbons (Fsp3) is 0.429. The molecule has 2 atom stereocenters. The van der Waals surface area contributed by atoms with Crippen LogP contribution in [0.5, 0.6) is 0 Å². The third-order valence-corrected chi connectivity index (χ3v) is 4.56. The minimum atomic E-state index is 0.0221. The van der Waals surface area contributed by atoms with E-state index in [1.54, 1.807) is 18.6 Å². The average Bonchev–Trinajstić information content (AvgIpc) is 3.07. The van der Waals surface area contributed by atoms with Crippen LogP contribution in [-0.4, -0.2) is 37.8 Å². The molecule has 1 aliphatic rings. The first kappa shape index (κ1) is 13.2. The predicted octanol–water partition coefficient (Wildman–Crippen LogP) is 2.61. The van der Waals surface area contributed by atoms with Crippen molar-refractivity contribution in [1.29, 1.82) is 0 Å². The fourth-order valence-corrected chi connectivity index (χ4v) is 3.38. The summed E-state index contributed by atoms with van der Waals surface area (Å²) in [6.07, 6.45) is 7.04. The van der Waals surface area contributed by atoms with Gasteiger partial charge in [-0.25, -0.2) is 4.98 Å². The van der Waals surface area contributed by atoms with Gasteiger partial charge < -0.3 is 4.90 Å². The smallest absolute Gasteiger partial charge is 0.273 e. The van der Waals surface area contributed by atoms with Gasteiger partial charge >= 0.3 is 0 Å². The molecular weight excluding hydrogens is 272 g/mol. The molecule has 2 aromatic heterocycles. The number of thiazole rings is 1. The molecule has 1 amide bonds. The van der Waals surface area contributed by atoms with E-state index in [1.165, 1.54) is 11.3 Å². The van der Waals surface area contributed by atoms with Crippen LogP contribution in [0.15, 0.2) is 24.0 Å². The summed E-state index contributed by atoms with van der Waals surface area (Å²) < 4.78 is 0. The molecule has 0 saturated carbocycles. The molecule has 104 valence electrons. The second kappa shape index (κ2) is 5.28. The first-order valence-corrected chi connectivity index (χ1v) is 7.59. The number of carbonyl (C=O) groups excluding carboxylic acids is 1. The molecule has 0 spiro atoms. The molecule has 0 unspecified atom stereocenters. The third kappa shape index (κ3) is 2.31. The molecule has 1 fully saturated rings. The van der Waals surface area contributed by atoms with E-state index in [9.17, 15) is 4.79 Å². The van der Waals surface area contributed by atoms with Gasteiger partial charge in [0.05, 0.1) is 6.20 Å². The molecule has 3 heterocycles. The van der Waals surface area contributed by atoms with Crippen molar-refractivity contribution in [2.75, 3.05) is 0 Å². The second-order valence-electron chi connectivity index (χ2n) is 5.12. The lowest BCUT2D eigenvalue weighted by Gasteiger charge is -2.25. The van der Waals surface area contributed by atoms with Gasteiger partial charge in [-0.05, 0) is 26.7 Å². The first-order chi connectivity index (χ1) is 9.66. The van der Waals surface area contributed by atoms with Gasteiger partial charge in [-0.2, -0.15) is 0 Å². The standard InChI is InChI=1S/C14H16N4OS/c1-9-3-4-10(2)18(9)14(19)12-8-20-13(17-12)11-7-15-5-6-16-11/h5-10H,3-4H2,1-2H3/t9-,10-/m0/s1. The number of amides is 1. The second-order valence-corrected chi connectivity index (χ2v) is 5.97. The van der Waals surface area contributed by atoms with Gasteiger partial charge in [0.2, 0.25) is 0 Å². The van der Waals surface area contributed by atoms with Crippen LogP contribution in [0.25, 0.3) is 10.7 Å². The Kier molecular flexibility index (Phi) is 3.48. The van der Waals surface area contributed by atoms with Crippen molar-refractivity contribution in [3.63, 3.8) is 0 Å². The fourth-order valence-electron chi connectivity index (χ4n) is 2.63. The third-order valence-electron chi connectivity index (χ3n) is 3.69. The maximum atomic E-state index is 12.5. The van der Waals surface area contributed by atoms with Crippen molar-refractivity contribution in [3.05, 3.63) is 29.7 Å². The maximum absolute atomic E-state index is 12.5. The van der Waals surface area contributed by atoms with Crippen LogP contribution in [0.4, 0.5) is 0 Å². The quantitative estimate of drug-likeness (QED) is 0.852. The van der Waals surface area contributed by atoms with E-state index in [2.05, 4.69) is 28.8 Å². The number of likely N-dealkylation sites (tertiary alicyclic amines) is 1. The van der Waals surface area contributed by atoms with Crippen LogP contribution in [0.1, 0.15) is 37.2 Å². The number of rotatable bonds is 2. The Bertz CT molecular complexity index is 603. The minimum Gasteiger partial charge on any atom is -0.332 e. The largest absolute Gasteiger partial charge is 0.332 e. The van der Waals surface area contributed by atoms with Gasteiger partial charge in [0, 0.05) is 29.9 Å². The lowest BCUT2D eigenvalue weighted by atomic mass is 10.2. The Balaban J connectivity index is 1.85. The van der Waals surface area contributed by atoms with Crippen molar-refractivity contribution in [1.82, 2.24) is 19.9 Å². The molecule has 0 bridgehead atoms. The molecule has 2 aromatic rings. The van der Waals surface area contributed by atoms with Crippen molar-refractivity contribution in [3.8, 4) is 10.7 Å². The van der Waals surface area contributed by atoms with Crippen molar-refractivity contribution in [2.24, 2.45) is 0 Å². The van der Waals surface area contributed by atoms with Crippen LogP contribution in [0, 0.1) is 0 Å².